The van der Waals surface area contributed by atoms with Crippen LogP contribution in [0, 0.1) is 0 Å². The van der Waals surface area contributed by atoms with Crippen LogP contribution in [0.4, 0.5) is 5.69 Å². The molecular weight excluding hydrogens is 368 g/mol. The number of ether oxygens (including phenoxy) is 2. The zero-order valence-electron chi connectivity index (χ0n) is 16.3. The van der Waals surface area contributed by atoms with Crippen molar-refractivity contribution in [3.63, 3.8) is 0 Å². The van der Waals surface area contributed by atoms with E-state index in [1.165, 1.54) is 11.4 Å². The van der Waals surface area contributed by atoms with Crippen molar-refractivity contribution in [3.05, 3.63) is 24.3 Å². The topological polar surface area (TPSA) is 84.9 Å². The second kappa shape index (κ2) is 9.94. The molecule has 1 amide bonds. The van der Waals surface area contributed by atoms with Gasteiger partial charge in [-0.15, -0.1) is 0 Å². The highest BCUT2D eigenvalue weighted by Gasteiger charge is 2.20. The molecule has 0 bridgehead atoms. The van der Waals surface area contributed by atoms with Gasteiger partial charge >= 0.3 is 0 Å². The SMILES string of the molecule is CC(C)Oc1ccc(N(C)S(=O)(=O)CCNC(=O)CC2CCCCO2)cc1. The molecule has 0 saturated carbocycles. The molecule has 1 unspecified atom stereocenters. The number of hydrogen-bond acceptors (Lipinski definition) is 5. The van der Waals surface area contributed by atoms with Gasteiger partial charge in [-0.2, -0.15) is 0 Å². The van der Waals surface area contributed by atoms with Crippen molar-refractivity contribution in [2.45, 2.75) is 51.7 Å². The third kappa shape index (κ3) is 7.03. The van der Waals surface area contributed by atoms with E-state index in [1.807, 2.05) is 13.8 Å². The van der Waals surface area contributed by atoms with Crippen LogP contribution < -0.4 is 14.4 Å². The number of anilines is 1. The van der Waals surface area contributed by atoms with Gasteiger partial charge < -0.3 is 14.8 Å². The first-order valence-corrected chi connectivity index (χ1v) is 11.0. The number of amides is 1. The number of nitrogens with one attached hydrogen (secondary N) is 1. The highest BCUT2D eigenvalue weighted by molar-refractivity contribution is 7.92. The summed E-state index contributed by atoms with van der Waals surface area (Å²) < 4.78 is 37.3. The maximum atomic E-state index is 12.5. The lowest BCUT2D eigenvalue weighted by atomic mass is 10.1. The Morgan fingerprint density at radius 1 is 1.30 bits per heavy atom. The van der Waals surface area contributed by atoms with Crippen molar-refractivity contribution in [1.29, 1.82) is 0 Å². The fourth-order valence-electron chi connectivity index (χ4n) is 2.87. The number of rotatable bonds is 9. The molecule has 1 aromatic rings. The normalized spacial score (nSPS) is 17.6. The van der Waals surface area contributed by atoms with E-state index in [0.717, 1.165) is 19.3 Å². The summed E-state index contributed by atoms with van der Waals surface area (Å²) in [6.07, 6.45) is 3.27. The highest BCUT2D eigenvalue weighted by Crippen LogP contribution is 2.21. The third-order valence-corrected chi connectivity index (χ3v) is 6.12. The monoisotopic (exact) mass is 398 g/mol. The summed E-state index contributed by atoms with van der Waals surface area (Å²) in [5.41, 5.74) is 0.549. The molecule has 8 heteroatoms. The Morgan fingerprint density at radius 3 is 2.59 bits per heavy atom. The Bertz CT molecular complexity index is 697. The minimum absolute atomic E-state index is 0.0513. The average Bonchev–Trinajstić information content (AvgIpc) is 2.62. The first kappa shape index (κ1) is 21.5. The lowest BCUT2D eigenvalue weighted by molar-refractivity contribution is -0.124. The number of sulfonamides is 1. The van der Waals surface area contributed by atoms with E-state index in [1.54, 1.807) is 24.3 Å². The molecule has 1 N–H and O–H groups in total. The average molecular weight is 399 g/mol. The van der Waals surface area contributed by atoms with E-state index in [2.05, 4.69) is 5.32 Å². The fourth-order valence-corrected chi connectivity index (χ4v) is 3.95. The summed E-state index contributed by atoms with van der Waals surface area (Å²) in [4.78, 5) is 11.9. The van der Waals surface area contributed by atoms with Crippen molar-refractivity contribution in [3.8, 4) is 5.75 Å². The van der Waals surface area contributed by atoms with Crippen LogP contribution >= 0.6 is 0 Å². The summed E-state index contributed by atoms with van der Waals surface area (Å²) >= 11 is 0. The number of nitrogens with zero attached hydrogens (tertiary/aromatic N) is 1. The smallest absolute Gasteiger partial charge is 0.236 e. The number of carbonyl (C=O) groups excluding carboxylic acids is 1. The summed E-state index contributed by atoms with van der Waals surface area (Å²) in [7, 11) is -2.03. The zero-order valence-corrected chi connectivity index (χ0v) is 17.1. The molecule has 1 atom stereocenters. The first-order chi connectivity index (χ1) is 12.8. The van der Waals surface area contributed by atoms with Crippen molar-refractivity contribution in [2.24, 2.45) is 0 Å². The Morgan fingerprint density at radius 2 is 2.00 bits per heavy atom. The molecule has 27 heavy (non-hydrogen) atoms. The predicted molar refractivity (Wildman–Crippen MR) is 106 cm³/mol. The molecule has 0 aromatic heterocycles. The van der Waals surface area contributed by atoms with Crippen LogP contribution in [-0.2, 0) is 19.6 Å². The Hall–Kier alpha value is -1.80. The van der Waals surface area contributed by atoms with Crippen molar-refractivity contribution in [2.75, 3.05) is 30.3 Å². The van der Waals surface area contributed by atoms with E-state index in [-0.39, 0.29) is 36.8 Å². The van der Waals surface area contributed by atoms with Crippen LogP contribution in [0.5, 0.6) is 5.75 Å². The third-order valence-electron chi connectivity index (χ3n) is 4.36. The molecule has 1 aliphatic heterocycles. The molecule has 7 nitrogen and oxygen atoms in total. The van der Waals surface area contributed by atoms with Gasteiger partial charge in [0.2, 0.25) is 15.9 Å². The van der Waals surface area contributed by atoms with Gasteiger partial charge in [-0.1, -0.05) is 0 Å². The van der Waals surface area contributed by atoms with Gasteiger partial charge in [-0.3, -0.25) is 9.10 Å². The van der Waals surface area contributed by atoms with Crippen LogP contribution in [0.2, 0.25) is 0 Å². The van der Waals surface area contributed by atoms with E-state index >= 15 is 0 Å². The lowest BCUT2D eigenvalue weighted by Gasteiger charge is -2.22. The van der Waals surface area contributed by atoms with Gasteiger partial charge in [0.05, 0.1) is 30.1 Å². The minimum atomic E-state index is -3.53. The highest BCUT2D eigenvalue weighted by atomic mass is 32.2. The molecule has 2 rings (SSSR count). The van der Waals surface area contributed by atoms with Crippen LogP contribution in [-0.4, -0.2) is 52.5 Å². The van der Waals surface area contributed by atoms with Crippen molar-refractivity contribution >= 4 is 21.6 Å². The molecule has 0 radical (unpaired) electrons. The first-order valence-electron chi connectivity index (χ1n) is 9.39. The largest absolute Gasteiger partial charge is 0.491 e. The molecule has 0 spiro atoms. The minimum Gasteiger partial charge on any atom is -0.491 e. The lowest BCUT2D eigenvalue weighted by Crippen LogP contribution is -2.37. The Labute approximate surface area is 162 Å². The van der Waals surface area contributed by atoms with Gasteiger partial charge in [-0.05, 0) is 57.4 Å². The summed E-state index contributed by atoms with van der Waals surface area (Å²) in [5, 5.41) is 2.68. The number of benzene rings is 1. The second-order valence-corrected chi connectivity index (χ2v) is 9.11. The van der Waals surface area contributed by atoms with Crippen molar-refractivity contribution < 1.29 is 22.7 Å². The van der Waals surface area contributed by atoms with Crippen LogP contribution in [0.3, 0.4) is 0 Å². The van der Waals surface area contributed by atoms with Gasteiger partial charge in [0, 0.05) is 20.2 Å². The molecule has 1 aliphatic rings. The molecule has 1 saturated heterocycles. The predicted octanol–water partition coefficient (Wildman–Crippen LogP) is 2.32. The maximum Gasteiger partial charge on any atom is 0.236 e. The van der Waals surface area contributed by atoms with Crippen LogP contribution in [0.15, 0.2) is 24.3 Å². The van der Waals surface area contributed by atoms with Crippen LogP contribution in [0.25, 0.3) is 0 Å². The van der Waals surface area contributed by atoms with Crippen molar-refractivity contribution in [1.82, 2.24) is 5.32 Å². The Balaban J connectivity index is 1.81. The van der Waals surface area contributed by atoms with E-state index in [9.17, 15) is 13.2 Å². The van der Waals surface area contributed by atoms with Gasteiger partial charge in [0.25, 0.3) is 0 Å². The van der Waals surface area contributed by atoms with Gasteiger partial charge in [0.15, 0.2) is 0 Å². The number of carbonyl (C=O) groups is 1. The standard InChI is InChI=1S/C19H30N2O5S/c1-15(2)26-17-9-7-16(8-10-17)21(3)27(23,24)13-11-20-19(22)14-18-6-4-5-12-25-18/h7-10,15,18H,4-6,11-14H2,1-3H3,(H,20,22). The summed E-state index contributed by atoms with van der Waals surface area (Å²) in [5.74, 6) is 0.358. The van der Waals surface area contributed by atoms with E-state index in [4.69, 9.17) is 9.47 Å². The molecule has 0 aliphatic carbocycles. The maximum absolute atomic E-state index is 12.5. The summed E-state index contributed by atoms with van der Waals surface area (Å²) in [6, 6.07) is 6.89. The molecule has 1 heterocycles. The zero-order chi connectivity index (χ0) is 19.9. The second-order valence-electron chi connectivity index (χ2n) is 6.99. The Kier molecular flexibility index (Phi) is 7.91. The molecule has 1 fully saturated rings. The van der Waals surface area contributed by atoms with E-state index < -0.39 is 10.0 Å². The van der Waals surface area contributed by atoms with Crippen LogP contribution in [0.1, 0.15) is 39.5 Å². The molecular formula is C19H30N2O5S. The van der Waals surface area contributed by atoms with E-state index in [0.29, 0.717) is 18.0 Å². The molecule has 1 aromatic carbocycles. The number of hydrogen-bond donors (Lipinski definition) is 1. The fraction of sp³-hybridized carbons (Fsp3) is 0.632. The van der Waals surface area contributed by atoms with Gasteiger partial charge in [0.1, 0.15) is 5.75 Å². The molecule has 152 valence electrons. The van der Waals surface area contributed by atoms with Gasteiger partial charge in [-0.25, -0.2) is 8.42 Å². The quantitative estimate of drug-likeness (QED) is 0.690. The summed E-state index contributed by atoms with van der Waals surface area (Å²) in [6.45, 7) is 4.63.